The predicted octanol–water partition coefficient (Wildman–Crippen LogP) is 2.57. The summed E-state index contributed by atoms with van der Waals surface area (Å²) in [5, 5.41) is 3.94. The molecule has 0 heterocycles. The van der Waals surface area contributed by atoms with E-state index in [1.54, 1.807) is 0 Å². The lowest BCUT2D eigenvalue weighted by atomic mass is 9.43. The Balaban J connectivity index is 1.95. The fraction of sp³-hybridized carbons (Fsp3) is 0.923. The van der Waals surface area contributed by atoms with Gasteiger partial charge in [0.05, 0.1) is 0 Å². The molecule has 0 saturated heterocycles. The Kier molecular flexibility index (Phi) is 1.98. The molecule has 16 heavy (non-hydrogen) atoms. The van der Waals surface area contributed by atoms with Crippen LogP contribution in [-0.4, -0.2) is 10.7 Å². The maximum absolute atomic E-state index is 5.72. The second-order valence-corrected chi connectivity index (χ2v) is 7.84. The molecular weight excluding hydrogens is 216 g/mol. The van der Waals surface area contributed by atoms with Crippen LogP contribution in [0.15, 0.2) is 0 Å². The largest absolute Gasteiger partial charge is 0.376 e. The molecule has 0 aliphatic heterocycles. The maximum atomic E-state index is 5.72. The third-order valence-electron chi connectivity index (χ3n) is 5.01. The minimum Gasteiger partial charge on any atom is -0.376 e. The average molecular weight is 238 g/mol. The molecular formula is C13H22N2S. The highest BCUT2D eigenvalue weighted by atomic mass is 32.1. The monoisotopic (exact) mass is 238 g/mol. The molecule has 0 aromatic heterocycles. The van der Waals surface area contributed by atoms with Crippen LogP contribution in [0.4, 0.5) is 0 Å². The van der Waals surface area contributed by atoms with Gasteiger partial charge in [-0.2, -0.15) is 0 Å². The van der Waals surface area contributed by atoms with Gasteiger partial charge < -0.3 is 11.1 Å². The van der Waals surface area contributed by atoms with Crippen LogP contribution in [0.1, 0.15) is 52.4 Å². The standard InChI is InChI=1S/C13H22N2S/c1-11-3-9-4-12(2,6-11)8-13(5-9,7-11)15-10(14)16/h9H,3-8H2,1-2H3,(H3,14,15,16)/t9?,11-,12-,13?/m0/s1. The van der Waals surface area contributed by atoms with Crippen LogP contribution in [0.3, 0.4) is 0 Å². The highest BCUT2D eigenvalue weighted by Crippen LogP contribution is 2.66. The molecule has 0 spiro atoms. The first-order valence-electron chi connectivity index (χ1n) is 6.40. The summed E-state index contributed by atoms with van der Waals surface area (Å²) in [6.45, 7) is 4.93. The lowest BCUT2D eigenvalue weighted by Gasteiger charge is -2.65. The summed E-state index contributed by atoms with van der Waals surface area (Å²) >= 11 is 5.07. The molecule has 4 bridgehead atoms. The molecule has 4 rings (SSSR count). The number of thiocarbonyl (C=S) groups is 1. The molecule has 0 aromatic rings. The van der Waals surface area contributed by atoms with Gasteiger partial charge in [0.25, 0.3) is 0 Å². The Bertz CT molecular complexity index is 334. The van der Waals surface area contributed by atoms with Crippen molar-refractivity contribution in [3.63, 3.8) is 0 Å². The molecule has 4 fully saturated rings. The normalized spacial score (nSPS) is 54.0. The van der Waals surface area contributed by atoms with Gasteiger partial charge in [0.1, 0.15) is 0 Å². The first kappa shape index (κ1) is 10.8. The minimum atomic E-state index is 0.231. The molecule has 3 N–H and O–H groups in total. The van der Waals surface area contributed by atoms with Gasteiger partial charge in [-0.1, -0.05) is 13.8 Å². The van der Waals surface area contributed by atoms with Gasteiger partial charge in [0.2, 0.25) is 0 Å². The van der Waals surface area contributed by atoms with Crippen molar-refractivity contribution in [2.45, 2.75) is 57.9 Å². The summed E-state index contributed by atoms with van der Waals surface area (Å²) in [6.07, 6.45) is 8.06. The minimum absolute atomic E-state index is 0.231. The molecule has 0 amide bonds. The van der Waals surface area contributed by atoms with Crippen LogP contribution in [0.25, 0.3) is 0 Å². The molecule has 0 radical (unpaired) electrons. The fourth-order valence-corrected chi connectivity index (χ4v) is 6.06. The van der Waals surface area contributed by atoms with Crippen molar-refractivity contribution in [3.8, 4) is 0 Å². The quantitative estimate of drug-likeness (QED) is 0.690. The van der Waals surface area contributed by atoms with Gasteiger partial charge in [-0.25, -0.2) is 0 Å². The van der Waals surface area contributed by atoms with Gasteiger partial charge in [-0.15, -0.1) is 0 Å². The predicted molar refractivity (Wildman–Crippen MR) is 70.1 cm³/mol. The van der Waals surface area contributed by atoms with Crippen LogP contribution in [0.5, 0.6) is 0 Å². The zero-order chi connectivity index (χ0) is 11.6. The number of hydrogen-bond acceptors (Lipinski definition) is 1. The van der Waals surface area contributed by atoms with Crippen LogP contribution < -0.4 is 11.1 Å². The zero-order valence-electron chi connectivity index (χ0n) is 10.3. The Morgan fingerprint density at radius 3 is 2.12 bits per heavy atom. The molecule has 3 heteroatoms. The SMILES string of the molecule is C[C@@]12CC3CC(NC(N)=S)(C1)C[C@@](C)(C3)C2. The van der Waals surface area contributed by atoms with Crippen molar-refractivity contribution in [1.29, 1.82) is 0 Å². The van der Waals surface area contributed by atoms with E-state index in [4.69, 9.17) is 18.0 Å². The van der Waals surface area contributed by atoms with E-state index in [0.717, 1.165) is 5.92 Å². The number of nitrogens with two attached hydrogens (primary N) is 1. The van der Waals surface area contributed by atoms with Crippen molar-refractivity contribution in [1.82, 2.24) is 5.32 Å². The molecule has 4 saturated carbocycles. The third kappa shape index (κ3) is 1.55. The van der Waals surface area contributed by atoms with Crippen molar-refractivity contribution >= 4 is 17.3 Å². The number of rotatable bonds is 1. The van der Waals surface area contributed by atoms with E-state index < -0.39 is 0 Å². The van der Waals surface area contributed by atoms with Crippen LogP contribution in [0, 0.1) is 16.7 Å². The molecule has 4 aliphatic carbocycles. The summed E-state index contributed by atoms with van der Waals surface area (Å²) in [5.41, 5.74) is 7.02. The number of hydrogen-bond donors (Lipinski definition) is 2. The van der Waals surface area contributed by atoms with E-state index in [2.05, 4.69) is 19.2 Å². The van der Waals surface area contributed by atoms with Gasteiger partial charge in [0, 0.05) is 5.54 Å². The molecule has 4 aliphatic rings. The van der Waals surface area contributed by atoms with Crippen molar-refractivity contribution in [3.05, 3.63) is 0 Å². The maximum Gasteiger partial charge on any atom is 0.164 e. The van der Waals surface area contributed by atoms with E-state index >= 15 is 0 Å². The summed E-state index contributed by atoms with van der Waals surface area (Å²) in [4.78, 5) is 0. The van der Waals surface area contributed by atoms with E-state index in [1.807, 2.05) is 0 Å². The third-order valence-corrected chi connectivity index (χ3v) is 5.12. The van der Waals surface area contributed by atoms with Crippen molar-refractivity contribution < 1.29 is 0 Å². The van der Waals surface area contributed by atoms with Crippen molar-refractivity contribution in [2.24, 2.45) is 22.5 Å². The second-order valence-electron chi connectivity index (χ2n) is 7.40. The summed E-state index contributed by atoms with van der Waals surface area (Å²) in [6, 6.07) is 0. The summed E-state index contributed by atoms with van der Waals surface area (Å²) in [7, 11) is 0. The van der Waals surface area contributed by atoms with Crippen LogP contribution in [0.2, 0.25) is 0 Å². The van der Waals surface area contributed by atoms with Gasteiger partial charge in [-0.3, -0.25) is 0 Å². The Morgan fingerprint density at radius 2 is 1.69 bits per heavy atom. The first-order chi connectivity index (χ1) is 7.32. The summed E-state index contributed by atoms with van der Waals surface area (Å²) < 4.78 is 0. The van der Waals surface area contributed by atoms with Crippen LogP contribution in [-0.2, 0) is 0 Å². The lowest BCUT2D eigenvalue weighted by molar-refractivity contribution is -0.111. The lowest BCUT2D eigenvalue weighted by Crippen LogP contribution is -2.65. The fourth-order valence-electron chi connectivity index (χ4n) is 5.85. The Morgan fingerprint density at radius 1 is 1.12 bits per heavy atom. The molecule has 0 aromatic carbocycles. The van der Waals surface area contributed by atoms with Gasteiger partial charge in [-0.05, 0) is 67.5 Å². The number of nitrogens with one attached hydrogen (secondary N) is 1. The molecule has 2 atom stereocenters. The first-order valence-corrected chi connectivity index (χ1v) is 6.81. The Labute approximate surface area is 103 Å². The zero-order valence-corrected chi connectivity index (χ0v) is 11.1. The highest BCUT2D eigenvalue weighted by molar-refractivity contribution is 7.80. The summed E-state index contributed by atoms with van der Waals surface area (Å²) in [5.74, 6) is 0.896. The molecule has 90 valence electrons. The van der Waals surface area contributed by atoms with E-state index in [0.29, 0.717) is 15.9 Å². The van der Waals surface area contributed by atoms with Crippen LogP contribution >= 0.6 is 12.2 Å². The van der Waals surface area contributed by atoms with Gasteiger partial charge in [0.15, 0.2) is 5.11 Å². The van der Waals surface area contributed by atoms with E-state index in [-0.39, 0.29) is 5.54 Å². The average Bonchev–Trinajstić information content (AvgIpc) is 1.91. The molecule has 2 nitrogen and oxygen atoms in total. The van der Waals surface area contributed by atoms with Gasteiger partial charge >= 0.3 is 0 Å². The highest BCUT2D eigenvalue weighted by Gasteiger charge is 2.60. The van der Waals surface area contributed by atoms with Crippen molar-refractivity contribution in [2.75, 3.05) is 0 Å². The van der Waals surface area contributed by atoms with E-state index in [1.165, 1.54) is 38.5 Å². The smallest absolute Gasteiger partial charge is 0.164 e. The topological polar surface area (TPSA) is 38.0 Å². The second kappa shape index (κ2) is 2.92. The Hall–Kier alpha value is -0.310. The molecule has 0 unspecified atom stereocenters. The van der Waals surface area contributed by atoms with E-state index in [9.17, 15) is 0 Å².